The van der Waals surface area contributed by atoms with Gasteiger partial charge in [-0.1, -0.05) is 99.3 Å². The molecule has 5 nitrogen and oxygen atoms in total. The first-order chi connectivity index (χ1) is 16.1. The van der Waals surface area contributed by atoms with Gasteiger partial charge in [0.2, 0.25) is 5.91 Å². The molecule has 0 spiro atoms. The summed E-state index contributed by atoms with van der Waals surface area (Å²) in [7, 11) is 0. The second-order valence-electron chi connectivity index (χ2n) is 9.38. The van der Waals surface area contributed by atoms with Gasteiger partial charge in [0.25, 0.3) is 0 Å². The van der Waals surface area contributed by atoms with Gasteiger partial charge in [0.1, 0.15) is 12.6 Å². The van der Waals surface area contributed by atoms with Gasteiger partial charge in [-0.2, -0.15) is 0 Å². The van der Waals surface area contributed by atoms with Gasteiger partial charge >= 0.3 is 6.09 Å². The number of ether oxygens (including phenoxy) is 1. The fourth-order valence-electron chi connectivity index (χ4n) is 5.73. The highest BCUT2D eigenvalue weighted by atomic mass is 16.6. The smallest absolute Gasteiger partial charge is 0.417 e. The lowest BCUT2D eigenvalue weighted by molar-refractivity contribution is -0.132. The van der Waals surface area contributed by atoms with E-state index in [-0.39, 0.29) is 24.2 Å². The number of unbranched alkanes of at least 4 members (excludes halogenated alkanes) is 3. The highest BCUT2D eigenvalue weighted by Crippen LogP contribution is 2.69. The molecule has 2 aromatic rings. The topological polar surface area (TPSA) is 63.7 Å². The zero-order valence-electron chi connectivity index (χ0n) is 18.9. The van der Waals surface area contributed by atoms with E-state index >= 15 is 0 Å². The first kappa shape index (κ1) is 21.6. The summed E-state index contributed by atoms with van der Waals surface area (Å²) < 4.78 is 5.28. The average Bonchev–Trinajstić information content (AvgIpc) is 3.17. The lowest BCUT2D eigenvalue weighted by Crippen LogP contribution is -2.37. The summed E-state index contributed by atoms with van der Waals surface area (Å²) in [6.45, 7) is 2.31. The maximum absolute atomic E-state index is 13.7. The molecule has 2 fully saturated rings. The maximum atomic E-state index is 13.7. The van der Waals surface area contributed by atoms with Gasteiger partial charge in [0.05, 0.1) is 5.92 Å². The van der Waals surface area contributed by atoms with E-state index in [0.717, 1.165) is 43.2 Å². The van der Waals surface area contributed by atoms with Gasteiger partial charge < -0.3 is 4.74 Å². The number of amides is 2. The lowest BCUT2D eigenvalue weighted by Gasteiger charge is -2.22. The number of hydrogen-bond acceptors (Lipinski definition) is 4. The summed E-state index contributed by atoms with van der Waals surface area (Å²) >= 11 is 0. The molecule has 33 heavy (non-hydrogen) atoms. The van der Waals surface area contributed by atoms with Crippen molar-refractivity contribution in [2.75, 3.05) is 6.61 Å². The van der Waals surface area contributed by atoms with Crippen LogP contribution in [0.25, 0.3) is 5.57 Å². The van der Waals surface area contributed by atoms with Gasteiger partial charge in [-0.15, -0.1) is 0 Å². The van der Waals surface area contributed by atoms with Gasteiger partial charge in [0.15, 0.2) is 5.78 Å². The SMILES string of the molecule is CCCCCC[C@]12C=C(c3ccccc3)C(=O)[C@H]1[C@@H]2C(=O)N1C(=O)OC[C@@H]1c1ccccc1. The van der Waals surface area contributed by atoms with Crippen LogP contribution in [-0.2, 0) is 14.3 Å². The number of carbonyl (C=O) groups is 3. The fourth-order valence-corrected chi connectivity index (χ4v) is 5.73. The zero-order valence-corrected chi connectivity index (χ0v) is 18.9. The molecule has 4 atom stereocenters. The minimum Gasteiger partial charge on any atom is -0.446 e. The number of hydrogen-bond donors (Lipinski definition) is 0. The van der Waals surface area contributed by atoms with Crippen LogP contribution in [0.3, 0.4) is 0 Å². The molecule has 0 unspecified atom stereocenters. The second-order valence-corrected chi connectivity index (χ2v) is 9.38. The van der Waals surface area contributed by atoms with Crippen molar-refractivity contribution in [2.45, 2.75) is 45.1 Å². The van der Waals surface area contributed by atoms with Crippen molar-refractivity contribution in [3.63, 3.8) is 0 Å². The number of ketones is 1. The van der Waals surface area contributed by atoms with E-state index in [0.29, 0.717) is 5.57 Å². The van der Waals surface area contributed by atoms with E-state index in [9.17, 15) is 14.4 Å². The summed E-state index contributed by atoms with van der Waals surface area (Å²) in [5.41, 5.74) is 1.99. The van der Waals surface area contributed by atoms with Crippen LogP contribution in [0.4, 0.5) is 4.79 Å². The van der Waals surface area contributed by atoms with Crippen molar-refractivity contribution in [1.82, 2.24) is 4.90 Å². The number of fused-ring (bicyclic) bond motifs is 1. The summed E-state index contributed by atoms with van der Waals surface area (Å²) in [5, 5.41) is 0. The summed E-state index contributed by atoms with van der Waals surface area (Å²) in [4.78, 5) is 41.1. The Labute approximate surface area is 194 Å². The van der Waals surface area contributed by atoms with Crippen LogP contribution in [-0.4, -0.2) is 29.3 Å². The minimum atomic E-state index is -0.611. The Morgan fingerprint density at radius 2 is 1.70 bits per heavy atom. The Morgan fingerprint density at radius 1 is 1.00 bits per heavy atom. The quantitative estimate of drug-likeness (QED) is 0.500. The number of nitrogens with zero attached hydrogens (tertiary/aromatic N) is 1. The van der Waals surface area contributed by atoms with Crippen LogP contribution < -0.4 is 0 Å². The molecule has 0 N–H and O–H groups in total. The van der Waals surface area contributed by atoms with Crippen molar-refractivity contribution in [1.29, 1.82) is 0 Å². The number of benzene rings is 2. The number of rotatable bonds is 8. The second kappa shape index (κ2) is 8.62. The normalized spacial score (nSPS) is 27.8. The molecule has 3 aliphatic rings. The van der Waals surface area contributed by atoms with Gasteiger partial charge in [0, 0.05) is 16.9 Å². The van der Waals surface area contributed by atoms with Crippen molar-refractivity contribution >= 4 is 23.4 Å². The van der Waals surface area contributed by atoms with Crippen LogP contribution in [0.1, 0.15) is 56.2 Å². The molecule has 0 aromatic heterocycles. The molecule has 1 saturated heterocycles. The van der Waals surface area contributed by atoms with E-state index in [1.54, 1.807) is 0 Å². The fraction of sp³-hybridized carbons (Fsp3) is 0.393. The molecule has 1 aliphatic heterocycles. The molecule has 2 aliphatic carbocycles. The molecule has 0 bridgehead atoms. The highest BCUT2D eigenvalue weighted by Gasteiger charge is 2.74. The van der Waals surface area contributed by atoms with Crippen molar-refractivity contribution in [3.05, 3.63) is 77.9 Å². The summed E-state index contributed by atoms with van der Waals surface area (Å²) in [6.07, 6.45) is 6.52. The summed E-state index contributed by atoms with van der Waals surface area (Å²) in [5.74, 6) is -1.12. The lowest BCUT2D eigenvalue weighted by atomic mass is 9.92. The van der Waals surface area contributed by atoms with Crippen LogP contribution in [0.15, 0.2) is 66.7 Å². The Morgan fingerprint density at radius 3 is 2.39 bits per heavy atom. The maximum Gasteiger partial charge on any atom is 0.417 e. The van der Waals surface area contributed by atoms with Crippen LogP contribution in [0.2, 0.25) is 0 Å². The highest BCUT2D eigenvalue weighted by molar-refractivity contribution is 6.28. The van der Waals surface area contributed by atoms with E-state index in [4.69, 9.17) is 4.74 Å². The van der Waals surface area contributed by atoms with E-state index in [1.165, 1.54) is 4.90 Å². The van der Waals surface area contributed by atoms with E-state index < -0.39 is 23.5 Å². The van der Waals surface area contributed by atoms with E-state index in [1.807, 2.05) is 66.7 Å². The minimum absolute atomic E-state index is 0.0267. The molecule has 5 rings (SSSR count). The standard InChI is InChI=1S/C28H29NO4/c1-2-3-4-11-16-28-17-21(19-12-7-5-8-13-19)25(30)23(28)24(28)26(31)29-22(18-33-27(29)32)20-14-9-6-10-15-20/h5-10,12-15,17,22-24H,2-4,11,16,18H2,1H3/t22-,23-,24-,28+/m1/s1. The van der Waals surface area contributed by atoms with Crippen molar-refractivity contribution < 1.29 is 19.1 Å². The Kier molecular flexibility index (Phi) is 5.65. The number of cyclic esters (lactones) is 1. The molecule has 1 saturated carbocycles. The van der Waals surface area contributed by atoms with Crippen LogP contribution in [0, 0.1) is 17.3 Å². The van der Waals surface area contributed by atoms with Gasteiger partial charge in [-0.05, 0) is 17.5 Å². The van der Waals surface area contributed by atoms with Gasteiger partial charge in [-0.25, -0.2) is 9.69 Å². The number of carbonyl (C=O) groups excluding carboxylic acids is 3. The van der Waals surface area contributed by atoms with Crippen LogP contribution in [0.5, 0.6) is 0 Å². The first-order valence-corrected chi connectivity index (χ1v) is 12.0. The Hall–Kier alpha value is -3.21. The first-order valence-electron chi connectivity index (χ1n) is 12.0. The molecular formula is C28H29NO4. The zero-order chi connectivity index (χ0) is 23.0. The number of Topliss-reactive ketones (excluding diaryl/α,β-unsaturated/α-hetero) is 1. The third kappa shape index (κ3) is 3.60. The molecule has 0 radical (unpaired) electrons. The molecular weight excluding hydrogens is 414 g/mol. The number of allylic oxidation sites excluding steroid dienone is 2. The molecule has 170 valence electrons. The molecule has 2 amide bonds. The van der Waals surface area contributed by atoms with Gasteiger partial charge in [-0.3, -0.25) is 9.59 Å². The molecule has 1 heterocycles. The summed E-state index contributed by atoms with van der Waals surface area (Å²) in [6, 6.07) is 18.7. The molecule has 2 aromatic carbocycles. The van der Waals surface area contributed by atoms with E-state index in [2.05, 4.69) is 6.92 Å². The predicted molar refractivity (Wildman–Crippen MR) is 125 cm³/mol. The predicted octanol–water partition coefficient (Wildman–Crippen LogP) is 5.58. The van der Waals surface area contributed by atoms with Crippen molar-refractivity contribution in [3.8, 4) is 0 Å². The largest absolute Gasteiger partial charge is 0.446 e. The Bertz CT molecular complexity index is 1090. The monoisotopic (exact) mass is 443 g/mol. The van der Waals surface area contributed by atoms with Crippen molar-refractivity contribution in [2.24, 2.45) is 17.3 Å². The third-order valence-electron chi connectivity index (χ3n) is 7.45. The van der Waals surface area contributed by atoms with Crippen LogP contribution >= 0.6 is 0 Å². The average molecular weight is 444 g/mol. The third-order valence-corrected chi connectivity index (χ3v) is 7.45. The number of imide groups is 1. The molecule has 5 heteroatoms. The Balaban J connectivity index is 1.45.